The number of nitrogens with one attached hydrogen (secondary N) is 1. The normalized spacial score (nSPS) is 23.2. The molecule has 3 rings (SSSR count). The van der Waals surface area contributed by atoms with Crippen LogP contribution in [-0.4, -0.2) is 30.4 Å². The highest BCUT2D eigenvalue weighted by atomic mass is 16.2. The molecule has 0 saturated carbocycles. The lowest BCUT2D eigenvalue weighted by atomic mass is 9.93. The number of amides is 1. The first kappa shape index (κ1) is 12.5. The predicted molar refractivity (Wildman–Crippen MR) is 77.2 cm³/mol. The molecule has 0 bridgehead atoms. The topological polar surface area (TPSA) is 32.3 Å². The fourth-order valence-electron chi connectivity index (χ4n) is 3.17. The van der Waals surface area contributed by atoms with Crippen molar-refractivity contribution in [1.29, 1.82) is 0 Å². The zero-order valence-corrected chi connectivity index (χ0v) is 11.4. The molecule has 19 heavy (non-hydrogen) atoms. The number of anilines is 1. The summed E-state index contributed by atoms with van der Waals surface area (Å²) in [6.45, 7) is 2.69. The van der Waals surface area contributed by atoms with Crippen LogP contribution in [0.4, 0.5) is 5.69 Å². The van der Waals surface area contributed by atoms with E-state index in [1.807, 2.05) is 6.07 Å². The molecule has 1 amide bonds. The minimum atomic E-state index is 0.119. The van der Waals surface area contributed by atoms with Crippen LogP contribution in [0.3, 0.4) is 0 Å². The molecule has 1 unspecified atom stereocenters. The van der Waals surface area contributed by atoms with Gasteiger partial charge in [0.15, 0.2) is 0 Å². The monoisotopic (exact) mass is 258 g/mol. The van der Waals surface area contributed by atoms with Crippen molar-refractivity contribution in [1.82, 2.24) is 4.90 Å². The molecule has 1 aromatic rings. The van der Waals surface area contributed by atoms with Crippen molar-refractivity contribution in [2.75, 3.05) is 25.0 Å². The second-order valence-electron chi connectivity index (χ2n) is 5.68. The lowest BCUT2D eigenvalue weighted by Gasteiger charge is -2.30. The van der Waals surface area contributed by atoms with E-state index in [0.717, 1.165) is 26.1 Å². The average molecular weight is 258 g/mol. The summed E-state index contributed by atoms with van der Waals surface area (Å²) in [5.74, 6) is 0.469. The number of carbonyl (C=O) groups excluding carboxylic acids is 1. The Morgan fingerprint density at radius 2 is 1.84 bits per heavy atom. The van der Waals surface area contributed by atoms with Crippen molar-refractivity contribution in [3.63, 3.8) is 0 Å². The van der Waals surface area contributed by atoms with Crippen LogP contribution in [0.2, 0.25) is 0 Å². The van der Waals surface area contributed by atoms with Crippen molar-refractivity contribution in [2.45, 2.75) is 32.1 Å². The van der Waals surface area contributed by atoms with Crippen molar-refractivity contribution < 1.29 is 4.79 Å². The summed E-state index contributed by atoms with van der Waals surface area (Å²) in [6.07, 6.45) is 5.77. The third-order valence-electron chi connectivity index (χ3n) is 4.29. The molecule has 3 heteroatoms. The van der Waals surface area contributed by atoms with Crippen molar-refractivity contribution in [3.8, 4) is 0 Å². The van der Waals surface area contributed by atoms with Crippen molar-refractivity contribution >= 4 is 11.6 Å². The Hall–Kier alpha value is -1.51. The number of likely N-dealkylation sites (tertiary alicyclic amines) is 1. The Morgan fingerprint density at radius 3 is 2.63 bits per heavy atom. The quantitative estimate of drug-likeness (QED) is 0.840. The minimum Gasteiger partial charge on any atom is -0.384 e. The van der Waals surface area contributed by atoms with Crippen LogP contribution in [0, 0.1) is 5.92 Å². The molecular formula is C16H22N2O. The van der Waals surface area contributed by atoms with Crippen LogP contribution in [0.25, 0.3) is 0 Å². The Kier molecular flexibility index (Phi) is 3.72. The number of benzene rings is 1. The van der Waals surface area contributed by atoms with E-state index in [0.29, 0.717) is 5.91 Å². The highest BCUT2D eigenvalue weighted by molar-refractivity contribution is 5.81. The molecule has 2 heterocycles. The summed E-state index contributed by atoms with van der Waals surface area (Å²) in [7, 11) is 0. The molecule has 1 aromatic carbocycles. The maximum atomic E-state index is 12.6. The van der Waals surface area contributed by atoms with Gasteiger partial charge in [0.05, 0.1) is 5.92 Å². The lowest BCUT2D eigenvalue weighted by molar-refractivity contribution is -0.135. The molecular weight excluding hydrogens is 236 g/mol. The van der Waals surface area contributed by atoms with Crippen molar-refractivity contribution in [2.24, 2.45) is 5.92 Å². The maximum absolute atomic E-state index is 12.6. The molecule has 1 fully saturated rings. The van der Waals surface area contributed by atoms with Gasteiger partial charge in [0.25, 0.3) is 0 Å². The molecule has 0 radical (unpaired) electrons. The second-order valence-corrected chi connectivity index (χ2v) is 5.68. The van der Waals surface area contributed by atoms with Gasteiger partial charge in [0, 0.05) is 25.3 Å². The van der Waals surface area contributed by atoms with Crippen LogP contribution in [0.15, 0.2) is 24.3 Å². The Bertz CT molecular complexity index is 450. The highest BCUT2D eigenvalue weighted by Crippen LogP contribution is 2.26. The number of fused-ring (bicyclic) bond motifs is 1. The van der Waals surface area contributed by atoms with Gasteiger partial charge in [0.1, 0.15) is 0 Å². The molecule has 102 valence electrons. The van der Waals surface area contributed by atoms with Gasteiger partial charge in [-0.05, 0) is 30.9 Å². The third kappa shape index (κ3) is 2.75. The third-order valence-corrected chi connectivity index (χ3v) is 4.29. The summed E-state index contributed by atoms with van der Waals surface area (Å²) in [6, 6.07) is 8.33. The molecule has 0 spiro atoms. The number of carbonyl (C=O) groups is 1. The lowest BCUT2D eigenvalue weighted by Crippen LogP contribution is -2.41. The summed E-state index contributed by atoms with van der Waals surface area (Å²) in [5.41, 5.74) is 2.48. The van der Waals surface area contributed by atoms with E-state index < -0.39 is 0 Å². The summed E-state index contributed by atoms with van der Waals surface area (Å²) in [5, 5.41) is 3.40. The molecule has 0 aromatic heterocycles. The first-order chi connectivity index (χ1) is 9.34. The smallest absolute Gasteiger partial charge is 0.227 e. The molecule has 2 aliphatic rings. The van der Waals surface area contributed by atoms with Gasteiger partial charge >= 0.3 is 0 Å². The number of hydrogen-bond acceptors (Lipinski definition) is 2. The van der Waals surface area contributed by atoms with E-state index in [4.69, 9.17) is 0 Å². The van der Waals surface area contributed by atoms with E-state index in [2.05, 4.69) is 28.4 Å². The van der Waals surface area contributed by atoms with E-state index >= 15 is 0 Å². The van der Waals surface area contributed by atoms with Gasteiger partial charge in [-0.3, -0.25) is 4.79 Å². The van der Waals surface area contributed by atoms with Crippen LogP contribution in [0.5, 0.6) is 0 Å². The standard InChI is InChI=1S/C16H22N2O/c19-16(18-9-5-1-2-6-10-18)14-11-13-7-3-4-8-15(13)17-12-14/h3-4,7-8,14,17H,1-2,5-6,9-12H2. The molecule has 2 aliphatic heterocycles. The zero-order valence-electron chi connectivity index (χ0n) is 11.4. The van der Waals surface area contributed by atoms with Gasteiger partial charge in [-0.25, -0.2) is 0 Å². The molecule has 1 saturated heterocycles. The number of nitrogens with zero attached hydrogens (tertiary/aromatic N) is 1. The van der Waals surface area contributed by atoms with E-state index in [1.165, 1.54) is 36.9 Å². The summed E-state index contributed by atoms with van der Waals surface area (Å²) in [4.78, 5) is 14.7. The molecule has 1 N–H and O–H groups in total. The van der Waals surface area contributed by atoms with Crippen LogP contribution >= 0.6 is 0 Å². The first-order valence-electron chi connectivity index (χ1n) is 7.45. The zero-order chi connectivity index (χ0) is 13.1. The largest absolute Gasteiger partial charge is 0.384 e. The van der Waals surface area contributed by atoms with Gasteiger partial charge in [0.2, 0.25) is 5.91 Å². The SMILES string of the molecule is O=C(C1CNc2ccccc2C1)N1CCCCCC1. The second kappa shape index (κ2) is 5.64. The summed E-state index contributed by atoms with van der Waals surface area (Å²) >= 11 is 0. The van der Waals surface area contributed by atoms with E-state index in [-0.39, 0.29) is 5.92 Å². The highest BCUT2D eigenvalue weighted by Gasteiger charge is 2.28. The van der Waals surface area contributed by atoms with Crippen LogP contribution in [-0.2, 0) is 11.2 Å². The first-order valence-corrected chi connectivity index (χ1v) is 7.45. The Morgan fingerprint density at radius 1 is 1.11 bits per heavy atom. The fraction of sp³-hybridized carbons (Fsp3) is 0.562. The van der Waals surface area contributed by atoms with Crippen LogP contribution < -0.4 is 5.32 Å². The van der Waals surface area contributed by atoms with Crippen molar-refractivity contribution in [3.05, 3.63) is 29.8 Å². The predicted octanol–water partition coefficient (Wildman–Crippen LogP) is 2.67. The van der Waals surface area contributed by atoms with Gasteiger partial charge in [-0.1, -0.05) is 31.0 Å². The van der Waals surface area contributed by atoms with Gasteiger partial charge < -0.3 is 10.2 Å². The van der Waals surface area contributed by atoms with Gasteiger partial charge in [-0.15, -0.1) is 0 Å². The number of rotatable bonds is 1. The number of para-hydroxylation sites is 1. The van der Waals surface area contributed by atoms with E-state index in [1.54, 1.807) is 0 Å². The summed E-state index contributed by atoms with van der Waals surface area (Å²) < 4.78 is 0. The Labute approximate surface area is 115 Å². The minimum absolute atomic E-state index is 0.119. The Balaban J connectivity index is 1.68. The maximum Gasteiger partial charge on any atom is 0.227 e. The van der Waals surface area contributed by atoms with Crippen LogP contribution in [0.1, 0.15) is 31.2 Å². The average Bonchev–Trinajstić information content (AvgIpc) is 2.75. The fourth-order valence-corrected chi connectivity index (χ4v) is 3.17. The number of hydrogen-bond donors (Lipinski definition) is 1. The van der Waals surface area contributed by atoms with Gasteiger partial charge in [-0.2, -0.15) is 0 Å². The molecule has 0 aliphatic carbocycles. The van der Waals surface area contributed by atoms with E-state index in [9.17, 15) is 4.79 Å². The molecule has 1 atom stereocenters. The molecule has 3 nitrogen and oxygen atoms in total.